The van der Waals surface area contributed by atoms with Gasteiger partial charge in [0, 0.05) is 5.69 Å². The van der Waals surface area contributed by atoms with E-state index < -0.39 is 0 Å². The lowest BCUT2D eigenvalue weighted by molar-refractivity contribution is -0.119. The van der Waals surface area contributed by atoms with Gasteiger partial charge in [-0.25, -0.2) is 0 Å². The highest BCUT2D eigenvalue weighted by Crippen LogP contribution is 2.22. The van der Waals surface area contributed by atoms with Gasteiger partial charge in [-0.15, -0.1) is 0 Å². The van der Waals surface area contributed by atoms with Crippen molar-refractivity contribution in [3.63, 3.8) is 0 Å². The van der Waals surface area contributed by atoms with Crippen LogP contribution in [0.3, 0.4) is 0 Å². The molecule has 0 aliphatic rings. The topological polar surface area (TPSA) is 55.1 Å². The number of benzene rings is 1. The minimum absolute atomic E-state index is 0.0709. The lowest BCUT2D eigenvalue weighted by Gasteiger charge is -2.25. The zero-order chi connectivity index (χ0) is 12.2. The largest absolute Gasteiger partial charge is 0.374 e. The summed E-state index contributed by atoms with van der Waals surface area (Å²) < 4.78 is 0. The predicted molar refractivity (Wildman–Crippen MR) is 67.1 cm³/mol. The molecule has 3 nitrogen and oxygen atoms in total. The number of para-hydroxylation sites is 1. The van der Waals surface area contributed by atoms with Gasteiger partial charge in [0.2, 0.25) is 5.91 Å². The van der Waals surface area contributed by atoms with Gasteiger partial charge in [-0.1, -0.05) is 39.0 Å². The summed E-state index contributed by atoms with van der Waals surface area (Å²) in [6.07, 6.45) is 0.719. The molecule has 0 heterocycles. The first kappa shape index (κ1) is 12.6. The predicted octanol–water partition coefficient (Wildman–Crippen LogP) is 2.39. The molecule has 3 N–H and O–H groups in total. The highest BCUT2D eigenvalue weighted by Gasteiger charge is 2.22. The molecular weight excluding hydrogens is 200 g/mol. The summed E-state index contributed by atoms with van der Waals surface area (Å²) in [6.45, 7) is 6.28. The molecule has 88 valence electrons. The van der Waals surface area contributed by atoms with Crippen molar-refractivity contribution in [1.82, 2.24) is 0 Å². The van der Waals surface area contributed by atoms with Crippen LogP contribution in [-0.2, 0) is 4.79 Å². The Bertz CT molecular complexity index is 341. The molecular formula is C13H20N2O. The van der Waals surface area contributed by atoms with E-state index in [0.717, 1.165) is 12.1 Å². The van der Waals surface area contributed by atoms with Crippen LogP contribution in [0, 0.1) is 5.41 Å². The second-order valence-corrected chi connectivity index (χ2v) is 5.23. The van der Waals surface area contributed by atoms with Crippen LogP contribution in [0.15, 0.2) is 30.3 Å². The number of nitrogens with two attached hydrogens (primary N) is 1. The molecule has 0 saturated heterocycles. The molecule has 1 amide bonds. The third kappa shape index (κ3) is 4.34. The summed E-state index contributed by atoms with van der Waals surface area (Å²) in [7, 11) is 0. The number of nitrogens with one attached hydrogen (secondary N) is 1. The van der Waals surface area contributed by atoms with Crippen molar-refractivity contribution < 1.29 is 4.79 Å². The number of hydrogen-bond acceptors (Lipinski definition) is 2. The Morgan fingerprint density at radius 1 is 1.31 bits per heavy atom. The Kier molecular flexibility index (Phi) is 3.93. The van der Waals surface area contributed by atoms with Crippen molar-refractivity contribution in [2.24, 2.45) is 11.1 Å². The van der Waals surface area contributed by atoms with Crippen molar-refractivity contribution in [1.29, 1.82) is 0 Å². The third-order valence-corrected chi connectivity index (χ3v) is 2.27. The Labute approximate surface area is 97.0 Å². The summed E-state index contributed by atoms with van der Waals surface area (Å²) in [5, 5.41) is 3.16. The summed E-state index contributed by atoms with van der Waals surface area (Å²) in [4.78, 5) is 11.3. The molecule has 1 rings (SSSR count). The smallest absolute Gasteiger partial charge is 0.239 e. The van der Waals surface area contributed by atoms with Gasteiger partial charge >= 0.3 is 0 Å². The SMILES string of the molecule is CC(C)(C)CC(Nc1ccccc1)C(N)=O. The third-order valence-electron chi connectivity index (χ3n) is 2.27. The van der Waals surface area contributed by atoms with E-state index in [2.05, 4.69) is 26.1 Å². The average molecular weight is 220 g/mol. The second kappa shape index (κ2) is 5.01. The van der Waals surface area contributed by atoms with Gasteiger partial charge in [0.25, 0.3) is 0 Å². The Hall–Kier alpha value is -1.51. The van der Waals surface area contributed by atoms with Gasteiger partial charge in [-0.05, 0) is 24.0 Å². The number of hydrogen-bond donors (Lipinski definition) is 2. The van der Waals surface area contributed by atoms with Crippen molar-refractivity contribution in [2.45, 2.75) is 33.2 Å². The number of carbonyl (C=O) groups excluding carboxylic acids is 1. The highest BCUT2D eigenvalue weighted by molar-refractivity contribution is 5.82. The van der Waals surface area contributed by atoms with Crippen LogP contribution in [0.1, 0.15) is 27.2 Å². The number of amides is 1. The Morgan fingerprint density at radius 3 is 2.31 bits per heavy atom. The second-order valence-electron chi connectivity index (χ2n) is 5.23. The van der Waals surface area contributed by atoms with Crippen molar-refractivity contribution in [3.8, 4) is 0 Å². The minimum atomic E-state index is -0.317. The van der Waals surface area contributed by atoms with Crippen LogP contribution in [0.2, 0.25) is 0 Å². The standard InChI is InChI=1S/C13H20N2O/c1-13(2,3)9-11(12(14)16)15-10-7-5-4-6-8-10/h4-8,11,15H,9H2,1-3H3,(H2,14,16). The molecule has 0 saturated carbocycles. The fraction of sp³-hybridized carbons (Fsp3) is 0.462. The summed E-state index contributed by atoms with van der Waals surface area (Å²) in [6, 6.07) is 9.34. The van der Waals surface area contributed by atoms with E-state index in [-0.39, 0.29) is 17.4 Å². The lowest BCUT2D eigenvalue weighted by atomic mass is 9.88. The van der Waals surface area contributed by atoms with Crippen LogP contribution >= 0.6 is 0 Å². The van der Waals surface area contributed by atoms with E-state index in [1.165, 1.54) is 0 Å². The van der Waals surface area contributed by atoms with Crippen LogP contribution in [0.25, 0.3) is 0 Å². The van der Waals surface area contributed by atoms with Crippen molar-refractivity contribution in [3.05, 3.63) is 30.3 Å². The molecule has 3 heteroatoms. The first-order valence-corrected chi connectivity index (χ1v) is 5.49. The number of anilines is 1. The maximum Gasteiger partial charge on any atom is 0.239 e. The summed E-state index contributed by atoms with van der Waals surface area (Å²) in [5.41, 5.74) is 6.39. The van der Waals surface area contributed by atoms with Crippen LogP contribution in [0.4, 0.5) is 5.69 Å². The number of primary amides is 1. The van der Waals surface area contributed by atoms with E-state index in [1.54, 1.807) is 0 Å². The molecule has 0 radical (unpaired) electrons. The molecule has 0 aliphatic carbocycles. The van der Waals surface area contributed by atoms with Crippen LogP contribution < -0.4 is 11.1 Å². The van der Waals surface area contributed by atoms with Crippen molar-refractivity contribution in [2.75, 3.05) is 5.32 Å². The molecule has 0 aliphatic heterocycles. The quantitative estimate of drug-likeness (QED) is 0.818. The summed E-state index contributed by atoms with van der Waals surface area (Å²) in [5.74, 6) is -0.307. The first-order valence-electron chi connectivity index (χ1n) is 5.49. The van der Waals surface area contributed by atoms with Gasteiger partial charge in [0.05, 0.1) is 0 Å². The van der Waals surface area contributed by atoms with Gasteiger partial charge in [0.1, 0.15) is 6.04 Å². The first-order chi connectivity index (χ1) is 7.38. The maximum absolute atomic E-state index is 11.3. The fourth-order valence-corrected chi connectivity index (χ4v) is 1.57. The molecule has 16 heavy (non-hydrogen) atoms. The molecule has 1 aromatic rings. The zero-order valence-corrected chi connectivity index (χ0v) is 10.2. The van der Waals surface area contributed by atoms with Gasteiger partial charge in [-0.3, -0.25) is 4.79 Å². The maximum atomic E-state index is 11.3. The molecule has 1 unspecified atom stereocenters. The Morgan fingerprint density at radius 2 is 1.88 bits per heavy atom. The molecule has 0 spiro atoms. The monoisotopic (exact) mass is 220 g/mol. The molecule has 1 aromatic carbocycles. The van der Waals surface area contributed by atoms with Gasteiger partial charge in [0.15, 0.2) is 0 Å². The van der Waals surface area contributed by atoms with E-state index in [4.69, 9.17) is 5.73 Å². The normalized spacial score (nSPS) is 13.2. The van der Waals surface area contributed by atoms with Crippen molar-refractivity contribution >= 4 is 11.6 Å². The summed E-state index contributed by atoms with van der Waals surface area (Å²) >= 11 is 0. The van der Waals surface area contributed by atoms with Gasteiger partial charge < -0.3 is 11.1 Å². The van der Waals surface area contributed by atoms with E-state index >= 15 is 0 Å². The zero-order valence-electron chi connectivity index (χ0n) is 10.2. The fourth-order valence-electron chi connectivity index (χ4n) is 1.57. The van der Waals surface area contributed by atoms with E-state index in [0.29, 0.717) is 0 Å². The molecule has 0 bridgehead atoms. The number of carbonyl (C=O) groups is 1. The van der Waals surface area contributed by atoms with Gasteiger partial charge in [-0.2, -0.15) is 0 Å². The van der Waals surface area contributed by atoms with Crippen LogP contribution in [-0.4, -0.2) is 11.9 Å². The Balaban J connectivity index is 2.70. The highest BCUT2D eigenvalue weighted by atomic mass is 16.1. The molecule has 0 fully saturated rings. The van der Waals surface area contributed by atoms with E-state index in [1.807, 2.05) is 30.3 Å². The minimum Gasteiger partial charge on any atom is -0.374 e. The average Bonchev–Trinajstić information content (AvgIpc) is 2.16. The lowest BCUT2D eigenvalue weighted by Crippen LogP contribution is -2.38. The van der Waals surface area contributed by atoms with Crippen LogP contribution in [0.5, 0.6) is 0 Å². The molecule has 1 atom stereocenters. The number of rotatable bonds is 4. The van der Waals surface area contributed by atoms with E-state index in [9.17, 15) is 4.79 Å². The molecule has 0 aromatic heterocycles.